The van der Waals surface area contributed by atoms with E-state index in [2.05, 4.69) is 0 Å². The molecule has 0 bridgehead atoms. The van der Waals surface area contributed by atoms with Crippen LogP contribution in [0.5, 0.6) is 0 Å². The maximum atomic E-state index is 11.9. The van der Waals surface area contributed by atoms with E-state index in [1.165, 1.54) is 0 Å². The second kappa shape index (κ2) is 5.82. The summed E-state index contributed by atoms with van der Waals surface area (Å²) in [5.74, 6) is 0.552. The van der Waals surface area contributed by atoms with E-state index < -0.39 is 0 Å². The van der Waals surface area contributed by atoms with Crippen LogP contribution in [0.4, 0.5) is 0 Å². The third-order valence-corrected chi connectivity index (χ3v) is 2.06. The molecule has 0 radical (unpaired) electrons. The molecule has 0 aromatic carbocycles. The third kappa shape index (κ3) is 5.06. The number of halogens is 2. The summed E-state index contributed by atoms with van der Waals surface area (Å²) < 4.78 is 0. The highest BCUT2D eigenvalue weighted by atomic mass is 35.5. The Balaban J connectivity index is 4.41. The zero-order valence-corrected chi connectivity index (χ0v) is 10.8. The highest BCUT2D eigenvalue weighted by Gasteiger charge is 2.27. The average Bonchev–Trinajstić information content (AvgIpc) is 2.00. The van der Waals surface area contributed by atoms with Gasteiger partial charge in [0, 0.05) is 29.8 Å². The lowest BCUT2D eigenvalue weighted by Crippen LogP contribution is -2.43. The zero-order chi connectivity index (χ0) is 11.4. The van der Waals surface area contributed by atoms with Gasteiger partial charge >= 0.3 is 0 Å². The molecule has 1 unspecified atom stereocenters. The molecule has 0 fully saturated rings. The van der Waals surface area contributed by atoms with Crippen molar-refractivity contribution < 1.29 is 4.79 Å². The number of carbonyl (C=O) groups is 1. The van der Waals surface area contributed by atoms with E-state index in [1.54, 1.807) is 4.90 Å². The lowest BCUT2D eigenvalue weighted by Gasteiger charge is -2.29. The molecule has 0 aliphatic rings. The third-order valence-electron chi connectivity index (χ3n) is 1.76. The van der Waals surface area contributed by atoms with Gasteiger partial charge in [0.25, 0.3) is 0 Å². The number of carbonyl (C=O) groups excluding carboxylic acids is 1. The monoisotopic (exact) mass is 239 g/mol. The Kier molecular flexibility index (Phi) is 5.84. The van der Waals surface area contributed by atoms with Gasteiger partial charge in [0.2, 0.25) is 5.91 Å². The van der Waals surface area contributed by atoms with Gasteiger partial charge in [-0.2, -0.15) is 0 Å². The molecule has 0 heterocycles. The van der Waals surface area contributed by atoms with Crippen molar-refractivity contribution in [2.24, 2.45) is 5.41 Å². The number of rotatable bonds is 4. The van der Waals surface area contributed by atoms with Gasteiger partial charge in [-0.25, -0.2) is 0 Å². The van der Waals surface area contributed by atoms with Crippen molar-refractivity contribution in [3.05, 3.63) is 0 Å². The van der Waals surface area contributed by atoms with Crippen molar-refractivity contribution in [2.75, 3.05) is 19.0 Å². The van der Waals surface area contributed by atoms with Crippen LogP contribution in [0.15, 0.2) is 0 Å². The summed E-state index contributed by atoms with van der Waals surface area (Å²) in [4.78, 5) is 13.6. The molecule has 0 saturated heterocycles. The lowest BCUT2D eigenvalue weighted by atomic mass is 9.94. The van der Waals surface area contributed by atoms with Crippen LogP contribution < -0.4 is 0 Å². The predicted octanol–water partition coefficient (Wildman–Crippen LogP) is 2.73. The van der Waals surface area contributed by atoms with Crippen LogP contribution in [0.3, 0.4) is 0 Å². The minimum absolute atomic E-state index is 0.0375. The first-order valence-corrected chi connectivity index (χ1v) is 5.75. The average molecular weight is 240 g/mol. The maximum absolute atomic E-state index is 11.9. The molecule has 0 saturated carbocycles. The van der Waals surface area contributed by atoms with E-state index >= 15 is 0 Å². The maximum Gasteiger partial charge on any atom is 0.228 e. The van der Waals surface area contributed by atoms with Gasteiger partial charge < -0.3 is 4.90 Å². The highest BCUT2D eigenvalue weighted by Crippen LogP contribution is 2.18. The summed E-state index contributed by atoms with van der Waals surface area (Å²) in [6.45, 7) is 8.69. The first kappa shape index (κ1) is 14.1. The topological polar surface area (TPSA) is 20.3 Å². The van der Waals surface area contributed by atoms with Crippen LogP contribution in [0, 0.1) is 5.41 Å². The molecule has 84 valence electrons. The van der Waals surface area contributed by atoms with E-state index in [0.29, 0.717) is 19.0 Å². The molecule has 0 aromatic heterocycles. The summed E-state index contributed by atoms with van der Waals surface area (Å²) in [5, 5.41) is -0.0375. The number of alkyl halides is 2. The van der Waals surface area contributed by atoms with Crippen molar-refractivity contribution in [3.8, 4) is 0 Å². The Hall–Kier alpha value is 0.0500. The Morgan fingerprint density at radius 1 is 1.43 bits per heavy atom. The van der Waals surface area contributed by atoms with Crippen LogP contribution in [0.25, 0.3) is 0 Å². The van der Waals surface area contributed by atoms with Crippen LogP contribution in [-0.2, 0) is 4.79 Å². The zero-order valence-electron chi connectivity index (χ0n) is 9.31. The molecule has 0 rings (SSSR count). The molecule has 1 amide bonds. The predicted molar refractivity (Wildman–Crippen MR) is 62.1 cm³/mol. The number of hydrogen-bond donors (Lipinski definition) is 0. The summed E-state index contributed by atoms with van der Waals surface area (Å²) in [7, 11) is 0. The van der Waals surface area contributed by atoms with Gasteiger partial charge in [-0.15, -0.1) is 23.2 Å². The van der Waals surface area contributed by atoms with Crippen LogP contribution >= 0.6 is 23.2 Å². The van der Waals surface area contributed by atoms with Gasteiger partial charge in [0.1, 0.15) is 0 Å². The Labute approximate surface area is 96.6 Å². The SMILES string of the molecule is CC(Cl)CN(CCCl)C(=O)C(C)(C)C. The number of nitrogens with zero attached hydrogens (tertiary/aromatic N) is 1. The minimum atomic E-state index is -0.363. The summed E-state index contributed by atoms with van der Waals surface area (Å²) in [6, 6.07) is 0. The summed E-state index contributed by atoms with van der Waals surface area (Å²) in [6.07, 6.45) is 0. The first-order valence-electron chi connectivity index (χ1n) is 4.78. The number of amides is 1. The molecular weight excluding hydrogens is 221 g/mol. The smallest absolute Gasteiger partial charge is 0.228 e. The standard InChI is InChI=1S/C10H19Cl2NO/c1-8(12)7-13(6-5-11)9(14)10(2,3)4/h8H,5-7H2,1-4H3. The summed E-state index contributed by atoms with van der Waals surface area (Å²) in [5.41, 5.74) is -0.363. The van der Waals surface area contributed by atoms with E-state index in [4.69, 9.17) is 23.2 Å². The van der Waals surface area contributed by atoms with Gasteiger partial charge in [0.15, 0.2) is 0 Å². The fourth-order valence-corrected chi connectivity index (χ4v) is 1.53. The lowest BCUT2D eigenvalue weighted by molar-refractivity contribution is -0.139. The highest BCUT2D eigenvalue weighted by molar-refractivity contribution is 6.20. The second-order valence-corrected chi connectivity index (χ2v) is 5.59. The molecule has 0 aliphatic heterocycles. The fourth-order valence-electron chi connectivity index (χ4n) is 1.16. The molecule has 0 aliphatic carbocycles. The van der Waals surface area contributed by atoms with Gasteiger partial charge in [-0.1, -0.05) is 20.8 Å². The molecule has 2 nitrogen and oxygen atoms in total. The van der Waals surface area contributed by atoms with Gasteiger partial charge in [-0.3, -0.25) is 4.79 Å². The minimum Gasteiger partial charge on any atom is -0.340 e. The van der Waals surface area contributed by atoms with E-state index in [9.17, 15) is 4.79 Å². The van der Waals surface area contributed by atoms with Crippen molar-refractivity contribution >= 4 is 29.1 Å². The molecular formula is C10H19Cl2NO. The second-order valence-electron chi connectivity index (χ2n) is 4.47. The van der Waals surface area contributed by atoms with Crippen molar-refractivity contribution in [1.29, 1.82) is 0 Å². The van der Waals surface area contributed by atoms with Crippen LogP contribution in [-0.4, -0.2) is 35.2 Å². The largest absolute Gasteiger partial charge is 0.340 e. The molecule has 0 spiro atoms. The first-order chi connectivity index (χ1) is 6.29. The Morgan fingerprint density at radius 2 is 1.93 bits per heavy atom. The van der Waals surface area contributed by atoms with Crippen molar-refractivity contribution in [3.63, 3.8) is 0 Å². The normalized spacial score (nSPS) is 13.9. The fraction of sp³-hybridized carbons (Fsp3) is 0.900. The van der Waals surface area contributed by atoms with E-state index in [1.807, 2.05) is 27.7 Å². The quantitative estimate of drug-likeness (QED) is 0.692. The Bertz CT molecular complexity index is 187. The van der Waals surface area contributed by atoms with Gasteiger partial charge in [-0.05, 0) is 6.92 Å². The van der Waals surface area contributed by atoms with Crippen LogP contribution in [0.1, 0.15) is 27.7 Å². The van der Waals surface area contributed by atoms with Crippen molar-refractivity contribution in [1.82, 2.24) is 4.90 Å². The Morgan fingerprint density at radius 3 is 2.21 bits per heavy atom. The van der Waals surface area contributed by atoms with Gasteiger partial charge in [0.05, 0.1) is 0 Å². The molecule has 14 heavy (non-hydrogen) atoms. The summed E-state index contributed by atoms with van der Waals surface area (Å²) >= 11 is 11.5. The molecule has 4 heteroatoms. The molecule has 0 N–H and O–H groups in total. The van der Waals surface area contributed by atoms with Crippen molar-refractivity contribution in [2.45, 2.75) is 33.1 Å². The molecule has 0 aromatic rings. The number of hydrogen-bond acceptors (Lipinski definition) is 1. The van der Waals surface area contributed by atoms with E-state index in [-0.39, 0.29) is 16.7 Å². The van der Waals surface area contributed by atoms with E-state index in [0.717, 1.165) is 0 Å². The van der Waals surface area contributed by atoms with Crippen LogP contribution in [0.2, 0.25) is 0 Å². The molecule has 1 atom stereocenters.